The minimum atomic E-state index is -0.141. The first-order chi connectivity index (χ1) is 16.5. The molecule has 0 unspecified atom stereocenters. The molecule has 0 aliphatic rings. The maximum Gasteiger partial charge on any atom is 0.262 e. The lowest BCUT2D eigenvalue weighted by Gasteiger charge is -2.12. The van der Waals surface area contributed by atoms with Crippen LogP contribution in [-0.4, -0.2) is 19.5 Å². The van der Waals surface area contributed by atoms with Crippen LogP contribution in [0.5, 0.6) is 0 Å². The van der Waals surface area contributed by atoms with E-state index in [2.05, 4.69) is 17.1 Å². The third kappa shape index (κ3) is 4.08. The number of aryl methyl sites for hydroxylation is 2. The van der Waals surface area contributed by atoms with Crippen molar-refractivity contribution in [2.24, 2.45) is 0 Å². The monoisotopic (exact) mass is 488 g/mol. The molecule has 5 aromatic rings. The van der Waals surface area contributed by atoms with Gasteiger partial charge in [0.15, 0.2) is 5.16 Å². The molecule has 0 aliphatic carbocycles. The molecular weight excluding hydrogens is 464 g/mol. The summed E-state index contributed by atoms with van der Waals surface area (Å²) in [6.07, 6.45) is 0.824. The second-order valence-electron chi connectivity index (χ2n) is 8.25. The molecule has 0 bridgehead atoms. The van der Waals surface area contributed by atoms with Gasteiger partial charge in [-0.2, -0.15) is 0 Å². The summed E-state index contributed by atoms with van der Waals surface area (Å²) in [4.78, 5) is 40.4. The lowest BCUT2D eigenvalue weighted by Crippen LogP contribution is -2.23. The minimum absolute atomic E-state index is 0.0384. The van der Waals surface area contributed by atoms with E-state index >= 15 is 0 Å². The highest BCUT2D eigenvalue weighted by atomic mass is 32.2. The Bertz CT molecular complexity index is 1630. The highest BCUT2D eigenvalue weighted by Gasteiger charge is 2.17. The first kappa shape index (κ1) is 22.6. The molecule has 3 heterocycles. The summed E-state index contributed by atoms with van der Waals surface area (Å²) in [5.41, 5.74) is 3.64. The van der Waals surface area contributed by atoms with Crippen LogP contribution in [0.2, 0.25) is 0 Å². The lowest BCUT2D eigenvalue weighted by atomic mass is 10.0. The van der Waals surface area contributed by atoms with E-state index in [1.165, 1.54) is 28.7 Å². The van der Waals surface area contributed by atoms with Crippen LogP contribution in [0, 0.1) is 13.8 Å². The van der Waals surface area contributed by atoms with Crippen LogP contribution in [0.15, 0.2) is 63.3 Å². The molecule has 0 saturated carbocycles. The van der Waals surface area contributed by atoms with Crippen molar-refractivity contribution in [3.63, 3.8) is 0 Å². The van der Waals surface area contributed by atoms with Crippen LogP contribution in [0.1, 0.15) is 29.6 Å². The number of thioether (sulfide) groups is 1. The van der Waals surface area contributed by atoms with Crippen LogP contribution in [0.25, 0.3) is 32.2 Å². The summed E-state index contributed by atoms with van der Waals surface area (Å²) < 4.78 is 1.72. The number of benzene rings is 2. The number of para-hydroxylation sites is 1. The van der Waals surface area contributed by atoms with E-state index in [0.717, 1.165) is 27.3 Å². The third-order valence-electron chi connectivity index (χ3n) is 5.74. The Morgan fingerprint density at radius 3 is 2.56 bits per heavy atom. The number of rotatable bonds is 6. The number of nitrogens with zero attached hydrogens (tertiary/aromatic N) is 3. The fourth-order valence-electron chi connectivity index (χ4n) is 4.11. The topological polar surface area (TPSA) is 80.6 Å². The highest BCUT2D eigenvalue weighted by molar-refractivity contribution is 7.98. The van der Waals surface area contributed by atoms with Gasteiger partial charge in [-0.3, -0.25) is 14.2 Å². The number of hydrogen-bond acceptors (Lipinski definition) is 6. The van der Waals surface area contributed by atoms with Gasteiger partial charge in [-0.1, -0.05) is 60.6 Å². The van der Waals surface area contributed by atoms with E-state index < -0.39 is 0 Å². The van der Waals surface area contributed by atoms with Crippen molar-refractivity contribution in [1.82, 2.24) is 19.5 Å². The Balaban J connectivity index is 1.52. The van der Waals surface area contributed by atoms with Gasteiger partial charge in [0.25, 0.3) is 11.1 Å². The lowest BCUT2D eigenvalue weighted by molar-refractivity contribution is 0.584. The van der Waals surface area contributed by atoms with Crippen LogP contribution in [-0.2, 0) is 12.3 Å². The molecule has 0 saturated heterocycles. The van der Waals surface area contributed by atoms with Crippen molar-refractivity contribution in [2.45, 2.75) is 44.6 Å². The maximum atomic E-state index is 13.1. The first-order valence-electron chi connectivity index (χ1n) is 11.2. The van der Waals surface area contributed by atoms with Crippen molar-refractivity contribution < 1.29 is 0 Å². The van der Waals surface area contributed by atoms with Gasteiger partial charge in [0, 0.05) is 17.0 Å². The fraction of sp³-hybridized carbons (Fsp3) is 0.231. The third-order valence-corrected chi connectivity index (χ3v) is 7.73. The van der Waals surface area contributed by atoms with Gasteiger partial charge >= 0.3 is 0 Å². The molecular formula is C26H24N4O2S2. The van der Waals surface area contributed by atoms with E-state index in [-0.39, 0.29) is 11.1 Å². The average Bonchev–Trinajstić information content (AvgIpc) is 3.16. The van der Waals surface area contributed by atoms with Crippen molar-refractivity contribution in [3.8, 4) is 11.1 Å². The molecule has 0 atom stereocenters. The molecule has 2 aromatic carbocycles. The Kier molecular flexibility index (Phi) is 6.10. The zero-order valence-electron chi connectivity index (χ0n) is 19.2. The van der Waals surface area contributed by atoms with E-state index in [9.17, 15) is 9.59 Å². The van der Waals surface area contributed by atoms with Crippen LogP contribution >= 0.6 is 23.1 Å². The van der Waals surface area contributed by atoms with Crippen LogP contribution in [0.3, 0.4) is 0 Å². The molecule has 3 aromatic heterocycles. The molecule has 0 aliphatic heterocycles. The number of thiophene rings is 1. The predicted molar refractivity (Wildman–Crippen MR) is 141 cm³/mol. The van der Waals surface area contributed by atoms with E-state index in [4.69, 9.17) is 9.97 Å². The summed E-state index contributed by atoms with van der Waals surface area (Å²) >= 11 is 2.95. The molecule has 34 heavy (non-hydrogen) atoms. The molecule has 172 valence electrons. The van der Waals surface area contributed by atoms with Gasteiger partial charge in [0.1, 0.15) is 10.7 Å². The molecule has 0 spiro atoms. The van der Waals surface area contributed by atoms with E-state index in [1.807, 2.05) is 57.2 Å². The quantitative estimate of drug-likeness (QED) is 0.246. The van der Waals surface area contributed by atoms with Gasteiger partial charge in [-0.15, -0.1) is 11.3 Å². The van der Waals surface area contributed by atoms with Gasteiger partial charge in [0.2, 0.25) is 0 Å². The minimum Gasteiger partial charge on any atom is -0.309 e. The molecule has 0 radical (unpaired) electrons. The van der Waals surface area contributed by atoms with Crippen molar-refractivity contribution >= 4 is 44.2 Å². The standard InChI is InChI=1S/C26H24N4O2S2/c1-4-13-30-25(32)18-7-5-6-8-19(18)27-26(30)33-14-20-28-23(31)22-21(16(3)34-24(22)29-20)17-11-9-15(2)10-12-17/h5-12H,4,13-14H2,1-3H3,(H,28,29,31). The number of H-pyrrole nitrogens is 1. The Hall–Kier alpha value is -3.23. The second-order valence-corrected chi connectivity index (χ2v) is 10.4. The Morgan fingerprint density at radius 1 is 1.03 bits per heavy atom. The van der Waals surface area contributed by atoms with Crippen molar-refractivity contribution in [2.75, 3.05) is 0 Å². The highest BCUT2D eigenvalue weighted by Crippen LogP contribution is 2.36. The van der Waals surface area contributed by atoms with Crippen LogP contribution < -0.4 is 11.1 Å². The van der Waals surface area contributed by atoms with Gasteiger partial charge in [-0.25, -0.2) is 9.97 Å². The molecule has 0 amide bonds. The largest absolute Gasteiger partial charge is 0.309 e. The number of aromatic amines is 1. The molecule has 1 N–H and O–H groups in total. The first-order valence-corrected chi connectivity index (χ1v) is 13.0. The van der Waals surface area contributed by atoms with Gasteiger partial charge in [-0.05, 0) is 38.0 Å². The molecule has 6 nitrogen and oxygen atoms in total. The van der Waals surface area contributed by atoms with Gasteiger partial charge in [0.05, 0.1) is 22.0 Å². The van der Waals surface area contributed by atoms with Crippen molar-refractivity contribution in [3.05, 3.63) is 85.5 Å². The predicted octanol–water partition coefficient (Wildman–Crippen LogP) is 5.68. The number of fused-ring (bicyclic) bond motifs is 2. The fourth-order valence-corrected chi connectivity index (χ4v) is 6.07. The summed E-state index contributed by atoms with van der Waals surface area (Å²) in [6, 6.07) is 15.6. The molecule has 0 fully saturated rings. The van der Waals surface area contributed by atoms with Gasteiger partial charge < -0.3 is 4.98 Å². The normalized spacial score (nSPS) is 11.5. The smallest absolute Gasteiger partial charge is 0.262 e. The molecule has 5 rings (SSSR count). The van der Waals surface area contributed by atoms with Crippen molar-refractivity contribution in [1.29, 1.82) is 0 Å². The molecule has 8 heteroatoms. The zero-order valence-corrected chi connectivity index (χ0v) is 20.8. The van der Waals surface area contributed by atoms with E-state index in [0.29, 0.717) is 39.6 Å². The number of nitrogens with one attached hydrogen (secondary N) is 1. The number of aromatic nitrogens is 4. The van der Waals surface area contributed by atoms with Crippen LogP contribution in [0.4, 0.5) is 0 Å². The second kappa shape index (κ2) is 9.19. The SMILES string of the molecule is CCCn1c(SCc2nc3sc(C)c(-c4ccc(C)cc4)c3c(=O)[nH]2)nc2ccccc2c1=O. The Morgan fingerprint density at radius 2 is 1.79 bits per heavy atom. The zero-order chi connectivity index (χ0) is 23.8. The Labute approximate surface area is 204 Å². The van der Waals surface area contributed by atoms with E-state index in [1.54, 1.807) is 4.57 Å². The average molecular weight is 489 g/mol. The summed E-state index contributed by atoms with van der Waals surface area (Å²) in [5.74, 6) is 0.987. The summed E-state index contributed by atoms with van der Waals surface area (Å²) in [5, 5.41) is 1.88. The number of hydrogen-bond donors (Lipinski definition) is 1. The summed E-state index contributed by atoms with van der Waals surface area (Å²) in [6.45, 7) is 6.70. The summed E-state index contributed by atoms with van der Waals surface area (Å²) in [7, 11) is 0. The maximum absolute atomic E-state index is 13.1.